The average molecular weight is 540 g/mol. The lowest BCUT2D eigenvalue weighted by atomic mass is 9.93. The third-order valence-corrected chi connectivity index (χ3v) is 5.99. The first-order valence-corrected chi connectivity index (χ1v) is 11.3. The molecule has 0 radical (unpaired) electrons. The van der Waals surface area contributed by atoms with Crippen molar-refractivity contribution >= 4 is 5.97 Å². The summed E-state index contributed by atoms with van der Waals surface area (Å²) in [6.45, 7) is 0.0434. The van der Waals surface area contributed by atoms with Crippen molar-refractivity contribution in [3.63, 3.8) is 0 Å². The molecule has 12 heteroatoms. The molecule has 2 aliphatic rings. The summed E-state index contributed by atoms with van der Waals surface area (Å²) in [5.41, 5.74) is -0.803. The number of carboxylic acids is 1. The van der Waals surface area contributed by atoms with E-state index >= 15 is 0 Å². The summed E-state index contributed by atoms with van der Waals surface area (Å²) in [5.74, 6) is -3.58. The summed E-state index contributed by atoms with van der Waals surface area (Å²) in [6.07, 6.45) is -1.90. The highest BCUT2D eigenvalue weighted by atomic mass is 19.4. The number of nitrogens with zero attached hydrogens (tertiary/aromatic N) is 4. The van der Waals surface area contributed by atoms with E-state index in [-0.39, 0.29) is 40.4 Å². The van der Waals surface area contributed by atoms with E-state index in [1.54, 1.807) is 0 Å². The maximum atomic E-state index is 14.2. The quantitative estimate of drug-likeness (QED) is 0.259. The second-order valence-corrected chi connectivity index (χ2v) is 8.48. The fourth-order valence-electron chi connectivity index (χ4n) is 4.15. The van der Waals surface area contributed by atoms with Crippen molar-refractivity contribution in [2.75, 3.05) is 7.11 Å². The van der Waals surface area contributed by atoms with E-state index in [2.05, 4.69) is 15.1 Å². The van der Waals surface area contributed by atoms with Gasteiger partial charge < -0.3 is 9.84 Å². The van der Waals surface area contributed by atoms with Crippen LogP contribution in [0.3, 0.4) is 0 Å². The molecule has 2 aliphatic heterocycles. The fourth-order valence-corrected chi connectivity index (χ4v) is 4.15. The zero-order chi connectivity index (χ0) is 27.9. The summed E-state index contributed by atoms with van der Waals surface area (Å²) >= 11 is 0. The number of alkyl halides is 3. The highest BCUT2D eigenvalue weighted by Crippen LogP contribution is 2.40. The Morgan fingerprint density at radius 1 is 0.974 bits per heavy atom. The predicted molar refractivity (Wildman–Crippen MR) is 129 cm³/mol. The van der Waals surface area contributed by atoms with Crippen molar-refractivity contribution < 1.29 is 36.6 Å². The van der Waals surface area contributed by atoms with E-state index in [9.17, 15) is 31.9 Å². The number of hydrogen-bond donors (Lipinski definition) is 1. The van der Waals surface area contributed by atoms with Crippen molar-refractivity contribution in [3.8, 4) is 39.7 Å². The Hall–Kier alpha value is -4.87. The van der Waals surface area contributed by atoms with Gasteiger partial charge in [-0.25, -0.2) is 23.5 Å². The largest absolute Gasteiger partial charge is 0.497 e. The van der Waals surface area contributed by atoms with Gasteiger partial charge in [-0.3, -0.25) is 4.68 Å². The summed E-state index contributed by atoms with van der Waals surface area (Å²) in [6, 6.07) is 11.0. The summed E-state index contributed by atoms with van der Waals surface area (Å²) < 4.78 is 75.4. The summed E-state index contributed by atoms with van der Waals surface area (Å²) in [4.78, 5) is 20.5. The van der Waals surface area contributed by atoms with E-state index in [4.69, 9.17) is 4.74 Å². The van der Waals surface area contributed by atoms with Gasteiger partial charge in [0.05, 0.1) is 42.7 Å². The Bertz CT molecular complexity index is 1680. The SMILES string of the molecule is COc1ccc(-c2ccc(Cn3cc4nc(-c5cccc(F)c5F)nc-4cn3)cc2C(=O)O)c(C(F)(F)F)c1. The van der Waals surface area contributed by atoms with Crippen LogP contribution in [0.4, 0.5) is 22.0 Å². The molecule has 0 fully saturated rings. The Balaban J connectivity index is 1.50. The first-order valence-electron chi connectivity index (χ1n) is 11.3. The van der Waals surface area contributed by atoms with Crippen LogP contribution < -0.4 is 4.74 Å². The fraction of sp³-hybridized carbons (Fsp3) is 0.111. The van der Waals surface area contributed by atoms with Crippen molar-refractivity contribution in [1.29, 1.82) is 0 Å². The molecule has 0 bridgehead atoms. The first kappa shape index (κ1) is 25.8. The number of halogens is 5. The van der Waals surface area contributed by atoms with Gasteiger partial charge in [-0.1, -0.05) is 24.3 Å². The van der Waals surface area contributed by atoms with Gasteiger partial charge in [-0.2, -0.15) is 18.3 Å². The lowest BCUT2D eigenvalue weighted by Gasteiger charge is -2.17. The van der Waals surface area contributed by atoms with Crippen molar-refractivity contribution in [2.45, 2.75) is 12.7 Å². The monoisotopic (exact) mass is 540 g/mol. The molecule has 0 spiro atoms. The number of imidazole rings is 1. The normalized spacial score (nSPS) is 11.6. The van der Waals surface area contributed by atoms with E-state index in [0.717, 1.165) is 12.1 Å². The summed E-state index contributed by atoms with van der Waals surface area (Å²) in [7, 11) is 1.23. The standard InChI is InChI=1S/C27H17F5N4O3/c1-39-15-6-8-17(20(10-15)27(30,31)32)16-7-5-14(9-19(16)26(37)38)12-36-13-23-22(11-33-36)34-25(35-23)18-3-2-4-21(28)24(18)29/h2-11,13H,12H2,1H3,(H,37,38). The molecule has 0 aromatic heterocycles. The average Bonchev–Trinajstić information content (AvgIpc) is 3.32. The zero-order valence-corrected chi connectivity index (χ0v) is 20.0. The topological polar surface area (TPSA) is 90.1 Å². The molecular formula is C27H17F5N4O3. The van der Waals surface area contributed by atoms with Gasteiger partial charge >= 0.3 is 12.1 Å². The number of carbonyl (C=O) groups is 1. The molecule has 2 heterocycles. The number of aromatic nitrogens is 4. The lowest BCUT2D eigenvalue weighted by molar-refractivity contribution is -0.137. The maximum Gasteiger partial charge on any atom is 0.417 e. The van der Waals surface area contributed by atoms with Crippen LogP contribution in [-0.2, 0) is 12.7 Å². The Kier molecular flexibility index (Phi) is 6.46. The van der Waals surface area contributed by atoms with Crippen LogP contribution in [-0.4, -0.2) is 37.9 Å². The van der Waals surface area contributed by atoms with E-state index in [1.165, 1.54) is 66.6 Å². The number of rotatable bonds is 6. The number of benzene rings is 3. The molecule has 1 N–H and O–H groups in total. The molecule has 39 heavy (non-hydrogen) atoms. The highest BCUT2D eigenvalue weighted by Gasteiger charge is 2.35. The first-order chi connectivity index (χ1) is 18.5. The molecule has 198 valence electrons. The molecular weight excluding hydrogens is 523 g/mol. The Labute approximate surface area is 217 Å². The molecule has 0 saturated heterocycles. The van der Waals surface area contributed by atoms with Crippen LogP contribution in [0.1, 0.15) is 21.5 Å². The molecule has 3 aromatic carbocycles. The van der Waals surface area contributed by atoms with Crippen LogP contribution in [0.5, 0.6) is 5.75 Å². The minimum atomic E-state index is -4.75. The smallest absolute Gasteiger partial charge is 0.417 e. The van der Waals surface area contributed by atoms with Crippen molar-refractivity contribution in [3.05, 3.63) is 95.3 Å². The zero-order valence-electron chi connectivity index (χ0n) is 20.0. The number of methoxy groups -OCH3 is 1. The van der Waals surface area contributed by atoms with Gasteiger partial charge in [-0.15, -0.1) is 0 Å². The van der Waals surface area contributed by atoms with Gasteiger partial charge in [0, 0.05) is 0 Å². The predicted octanol–water partition coefficient (Wildman–Crippen LogP) is 6.16. The van der Waals surface area contributed by atoms with E-state index in [1.807, 2.05) is 0 Å². The Morgan fingerprint density at radius 2 is 1.72 bits per heavy atom. The number of aromatic carboxylic acids is 1. The number of fused-ring (bicyclic) bond motifs is 1. The van der Waals surface area contributed by atoms with Gasteiger partial charge in [-0.05, 0) is 47.0 Å². The van der Waals surface area contributed by atoms with Gasteiger partial charge in [0.25, 0.3) is 0 Å². The van der Waals surface area contributed by atoms with Crippen molar-refractivity contribution in [2.24, 2.45) is 0 Å². The van der Waals surface area contributed by atoms with E-state index in [0.29, 0.717) is 17.0 Å². The van der Waals surface area contributed by atoms with Crippen molar-refractivity contribution in [1.82, 2.24) is 19.7 Å². The van der Waals surface area contributed by atoms with Gasteiger partial charge in [0.2, 0.25) is 0 Å². The molecule has 0 unspecified atom stereocenters. The third-order valence-electron chi connectivity index (χ3n) is 5.99. The molecule has 0 saturated carbocycles. The number of hydrogen-bond acceptors (Lipinski definition) is 5. The van der Waals surface area contributed by atoms with Gasteiger partial charge in [0.15, 0.2) is 17.5 Å². The molecule has 7 nitrogen and oxygen atoms in total. The minimum Gasteiger partial charge on any atom is -0.497 e. The third kappa shape index (κ3) is 5.00. The highest BCUT2D eigenvalue weighted by molar-refractivity contribution is 5.97. The summed E-state index contributed by atoms with van der Waals surface area (Å²) in [5, 5.41) is 14.0. The van der Waals surface area contributed by atoms with Crippen LogP contribution in [0, 0.1) is 11.6 Å². The Morgan fingerprint density at radius 3 is 2.44 bits per heavy atom. The van der Waals surface area contributed by atoms with Crippen LogP contribution in [0.2, 0.25) is 0 Å². The molecule has 5 rings (SSSR count). The van der Waals surface area contributed by atoms with Gasteiger partial charge in [0.1, 0.15) is 17.1 Å². The number of carboxylic acid groups (broad SMARTS) is 1. The molecule has 0 atom stereocenters. The molecule has 0 aliphatic carbocycles. The van der Waals surface area contributed by atoms with Crippen LogP contribution in [0.25, 0.3) is 33.9 Å². The number of ether oxygens (including phenoxy) is 1. The van der Waals surface area contributed by atoms with E-state index < -0.39 is 29.3 Å². The molecule has 0 amide bonds. The second-order valence-electron chi connectivity index (χ2n) is 8.48. The molecule has 3 aromatic rings. The lowest BCUT2D eigenvalue weighted by Crippen LogP contribution is -2.10. The minimum absolute atomic E-state index is 0.0173. The van der Waals surface area contributed by atoms with Crippen LogP contribution in [0.15, 0.2) is 67.0 Å². The second kappa shape index (κ2) is 9.78. The maximum absolute atomic E-state index is 14.2. The van der Waals surface area contributed by atoms with Crippen LogP contribution >= 0.6 is 0 Å².